The number of aryl methyl sites for hydroxylation is 1. The number of nitrogens with one attached hydrogen (secondary N) is 2. The molecule has 1 amide bonds. The topological polar surface area (TPSA) is 44.9 Å². The van der Waals surface area contributed by atoms with Crippen LogP contribution in [-0.4, -0.2) is 17.4 Å². The number of aromatic amines is 1. The number of hydrogen-bond acceptors (Lipinski definition) is 1. The molecule has 0 unspecified atom stereocenters. The highest BCUT2D eigenvalue weighted by atomic mass is 16.1. The van der Waals surface area contributed by atoms with Crippen LogP contribution in [0.25, 0.3) is 21.7 Å². The highest BCUT2D eigenvalue weighted by Gasteiger charge is 2.58. The van der Waals surface area contributed by atoms with Crippen LogP contribution in [0.15, 0.2) is 36.4 Å². The van der Waals surface area contributed by atoms with Crippen molar-refractivity contribution in [2.45, 2.75) is 40.0 Å². The molecule has 3 heteroatoms. The lowest BCUT2D eigenvalue weighted by molar-refractivity contribution is -0.118. The number of rotatable bonds is 4. The fourth-order valence-electron chi connectivity index (χ4n) is 4.75. The second-order valence-corrected chi connectivity index (χ2v) is 8.05. The zero-order valence-corrected chi connectivity index (χ0v) is 15.4. The molecule has 4 rings (SSSR count). The summed E-state index contributed by atoms with van der Waals surface area (Å²) >= 11 is 0. The zero-order chi connectivity index (χ0) is 17.8. The van der Waals surface area contributed by atoms with E-state index in [1.807, 2.05) is 0 Å². The van der Waals surface area contributed by atoms with Crippen LogP contribution in [-0.2, 0) is 4.79 Å². The van der Waals surface area contributed by atoms with E-state index in [0.29, 0.717) is 11.8 Å². The Bertz CT molecular complexity index is 967. The molecule has 1 aliphatic carbocycles. The Morgan fingerprint density at radius 1 is 1.16 bits per heavy atom. The van der Waals surface area contributed by atoms with Crippen molar-refractivity contribution in [3.05, 3.63) is 47.7 Å². The Morgan fingerprint density at radius 3 is 2.68 bits per heavy atom. The van der Waals surface area contributed by atoms with Crippen molar-refractivity contribution >= 4 is 27.6 Å². The Balaban J connectivity index is 1.73. The molecular formula is C22H26N2O. The quantitative estimate of drug-likeness (QED) is 0.700. The van der Waals surface area contributed by atoms with E-state index in [1.54, 1.807) is 6.92 Å². The van der Waals surface area contributed by atoms with Crippen molar-refractivity contribution in [1.82, 2.24) is 10.3 Å². The third kappa shape index (κ3) is 2.53. The van der Waals surface area contributed by atoms with Gasteiger partial charge in [-0.2, -0.15) is 0 Å². The molecular weight excluding hydrogens is 308 g/mol. The fraction of sp³-hybridized carbons (Fsp3) is 0.409. The monoisotopic (exact) mass is 334 g/mol. The summed E-state index contributed by atoms with van der Waals surface area (Å²) in [5.74, 6) is 1.23. The van der Waals surface area contributed by atoms with Gasteiger partial charge in [-0.05, 0) is 41.5 Å². The van der Waals surface area contributed by atoms with Gasteiger partial charge >= 0.3 is 0 Å². The normalized spacial score (nSPS) is 21.6. The fourth-order valence-corrected chi connectivity index (χ4v) is 4.75. The van der Waals surface area contributed by atoms with Crippen molar-refractivity contribution in [3.8, 4) is 0 Å². The van der Waals surface area contributed by atoms with Gasteiger partial charge in [0.2, 0.25) is 5.91 Å². The van der Waals surface area contributed by atoms with Crippen LogP contribution in [0.5, 0.6) is 0 Å². The van der Waals surface area contributed by atoms with Crippen LogP contribution in [0.1, 0.15) is 44.4 Å². The lowest BCUT2D eigenvalue weighted by atomic mass is 9.98. The second-order valence-electron chi connectivity index (χ2n) is 8.05. The average Bonchev–Trinajstić information content (AvgIpc) is 2.93. The van der Waals surface area contributed by atoms with Crippen LogP contribution in [0.4, 0.5) is 0 Å². The molecule has 3 aromatic rings. The van der Waals surface area contributed by atoms with Gasteiger partial charge in [0.1, 0.15) is 0 Å². The van der Waals surface area contributed by atoms with Crippen LogP contribution < -0.4 is 5.32 Å². The highest BCUT2D eigenvalue weighted by Crippen LogP contribution is 2.67. The summed E-state index contributed by atoms with van der Waals surface area (Å²) in [6.07, 6.45) is 1.04. The summed E-state index contributed by atoms with van der Waals surface area (Å²) in [5, 5.41) is 6.88. The smallest absolute Gasteiger partial charge is 0.216 e. The number of aromatic nitrogens is 1. The first kappa shape index (κ1) is 16.2. The van der Waals surface area contributed by atoms with E-state index in [-0.39, 0.29) is 11.3 Å². The first-order valence-electron chi connectivity index (χ1n) is 9.15. The van der Waals surface area contributed by atoms with Gasteiger partial charge in [-0.1, -0.05) is 50.2 Å². The molecule has 0 aliphatic heterocycles. The van der Waals surface area contributed by atoms with E-state index < -0.39 is 0 Å². The van der Waals surface area contributed by atoms with Gasteiger partial charge < -0.3 is 10.3 Å². The summed E-state index contributed by atoms with van der Waals surface area (Å²) in [4.78, 5) is 14.8. The van der Waals surface area contributed by atoms with Crippen molar-refractivity contribution < 1.29 is 4.79 Å². The average molecular weight is 334 g/mol. The number of hydrogen-bond donors (Lipinski definition) is 2. The van der Waals surface area contributed by atoms with E-state index in [0.717, 1.165) is 13.0 Å². The van der Waals surface area contributed by atoms with E-state index in [1.165, 1.54) is 32.9 Å². The number of amides is 1. The lowest BCUT2D eigenvalue weighted by Crippen LogP contribution is -2.21. The Morgan fingerprint density at radius 2 is 1.92 bits per heavy atom. The van der Waals surface area contributed by atoms with E-state index in [4.69, 9.17) is 0 Å². The van der Waals surface area contributed by atoms with Gasteiger partial charge in [0.05, 0.1) is 5.52 Å². The largest absolute Gasteiger partial charge is 0.358 e. The molecule has 0 radical (unpaired) electrons. The molecule has 2 atom stereocenters. The van der Waals surface area contributed by atoms with Gasteiger partial charge in [-0.15, -0.1) is 0 Å². The van der Waals surface area contributed by atoms with Crippen LogP contribution in [0.3, 0.4) is 0 Å². The number of H-pyrrole nitrogens is 1. The van der Waals surface area contributed by atoms with Gasteiger partial charge in [-0.25, -0.2) is 0 Å². The molecule has 0 spiro atoms. The molecule has 1 aliphatic rings. The highest BCUT2D eigenvalue weighted by molar-refractivity contribution is 6.07. The molecule has 1 aromatic heterocycles. The molecule has 0 bridgehead atoms. The minimum absolute atomic E-state index is 0.0600. The predicted molar refractivity (Wildman–Crippen MR) is 104 cm³/mol. The van der Waals surface area contributed by atoms with Crippen LogP contribution in [0, 0.1) is 18.3 Å². The molecule has 130 valence electrons. The second kappa shape index (κ2) is 5.62. The molecule has 1 fully saturated rings. The van der Waals surface area contributed by atoms with Crippen molar-refractivity contribution in [1.29, 1.82) is 0 Å². The maximum Gasteiger partial charge on any atom is 0.216 e. The third-order valence-electron chi connectivity index (χ3n) is 6.13. The predicted octanol–water partition coefficient (Wildman–Crippen LogP) is 4.90. The minimum Gasteiger partial charge on any atom is -0.358 e. The Kier molecular flexibility index (Phi) is 3.64. The first-order valence-corrected chi connectivity index (χ1v) is 9.15. The zero-order valence-electron chi connectivity index (χ0n) is 15.4. The maximum absolute atomic E-state index is 11.2. The minimum atomic E-state index is 0.0600. The first-order chi connectivity index (χ1) is 11.9. The van der Waals surface area contributed by atoms with Gasteiger partial charge in [0.25, 0.3) is 0 Å². The van der Waals surface area contributed by atoms with Crippen molar-refractivity contribution in [3.63, 3.8) is 0 Å². The Hall–Kier alpha value is -2.29. The summed E-state index contributed by atoms with van der Waals surface area (Å²) in [7, 11) is 0. The van der Waals surface area contributed by atoms with Gasteiger partial charge in [-0.3, -0.25) is 4.79 Å². The summed E-state index contributed by atoms with van der Waals surface area (Å²) < 4.78 is 0. The molecule has 1 saturated carbocycles. The number of fused-ring (bicyclic) bond motifs is 3. The lowest BCUT2D eigenvalue weighted by Gasteiger charge is -2.04. The standard InChI is InChI=1S/C22H26N2O/c1-13-19(20-18(22(20,3)4)11-12-23-14(2)25)17-10-9-15-7-5-6-8-16(15)21(17)24-13/h5-10,18,20,24H,11-12H2,1-4H3,(H,23,25)/t18-,20-/m0/s1. The number of carbonyl (C=O) groups is 1. The number of carbonyl (C=O) groups excluding carboxylic acids is 1. The van der Waals surface area contributed by atoms with E-state index in [2.05, 4.69) is 67.5 Å². The van der Waals surface area contributed by atoms with Crippen LogP contribution >= 0.6 is 0 Å². The molecule has 3 nitrogen and oxygen atoms in total. The van der Waals surface area contributed by atoms with Crippen molar-refractivity contribution in [2.24, 2.45) is 11.3 Å². The molecule has 2 N–H and O–H groups in total. The molecule has 2 aromatic carbocycles. The summed E-state index contributed by atoms with van der Waals surface area (Å²) in [6, 6.07) is 13.1. The maximum atomic E-state index is 11.2. The molecule has 25 heavy (non-hydrogen) atoms. The van der Waals surface area contributed by atoms with Gasteiger partial charge in [0, 0.05) is 29.9 Å². The summed E-state index contributed by atoms with van der Waals surface area (Å²) in [5.41, 5.74) is 4.29. The molecule has 0 saturated heterocycles. The summed E-state index contributed by atoms with van der Waals surface area (Å²) in [6.45, 7) is 9.27. The van der Waals surface area contributed by atoms with E-state index >= 15 is 0 Å². The molecule has 1 heterocycles. The Labute approximate surface area is 148 Å². The SMILES string of the molecule is CC(=O)NCC[C@H]1[C@@H](c2c(C)[nH]c3c2ccc2ccccc23)C1(C)C. The number of benzene rings is 2. The van der Waals surface area contributed by atoms with Gasteiger partial charge in [0.15, 0.2) is 0 Å². The van der Waals surface area contributed by atoms with Crippen LogP contribution in [0.2, 0.25) is 0 Å². The van der Waals surface area contributed by atoms with E-state index in [9.17, 15) is 4.79 Å². The van der Waals surface area contributed by atoms with Crippen molar-refractivity contribution in [2.75, 3.05) is 6.54 Å². The third-order valence-corrected chi connectivity index (χ3v) is 6.13.